The van der Waals surface area contributed by atoms with E-state index in [4.69, 9.17) is 4.74 Å². The van der Waals surface area contributed by atoms with Crippen molar-refractivity contribution in [2.24, 2.45) is 0 Å². The van der Waals surface area contributed by atoms with Crippen LogP contribution in [-0.2, 0) is 14.3 Å². The van der Waals surface area contributed by atoms with E-state index in [0.717, 1.165) is 19.4 Å². The molecule has 5 nitrogen and oxygen atoms in total. The lowest BCUT2D eigenvalue weighted by molar-refractivity contribution is -0.160. The summed E-state index contributed by atoms with van der Waals surface area (Å²) in [6.07, 6.45) is 1.85. The number of likely N-dealkylation sites (tertiary alicyclic amines) is 1. The largest absolute Gasteiger partial charge is 0.459 e. The predicted molar refractivity (Wildman–Crippen MR) is 69.1 cm³/mol. The Morgan fingerprint density at radius 1 is 1.39 bits per heavy atom. The molecule has 0 saturated carbocycles. The number of nitrogens with one attached hydrogen (secondary N) is 1. The third-order valence-electron chi connectivity index (χ3n) is 2.82. The van der Waals surface area contributed by atoms with E-state index in [-0.39, 0.29) is 17.9 Å². The van der Waals surface area contributed by atoms with Crippen molar-refractivity contribution in [2.75, 3.05) is 19.6 Å². The number of esters is 1. The predicted octanol–water partition coefficient (Wildman–Crippen LogP) is 0.929. The van der Waals surface area contributed by atoms with Crippen LogP contribution in [0.3, 0.4) is 0 Å². The molecular weight excluding hydrogens is 232 g/mol. The van der Waals surface area contributed by atoms with Crippen molar-refractivity contribution in [3.63, 3.8) is 0 Å². The zero-order valence-corrected chi connectivity index (χ0v) is 11.8. The number of nitrogens with zero attached hydrogens (tertiary/aromatic N) is 1. The molecule has 1 heterocycles. The maximum absolute atomic E-state index is 12.0. The van der Waals surface area contributed by atoms with Crippen LogP contribution in [0.5, 0.6) is 0 Å². The molecule has 0 aromatic carbocycles. The van der Waals surface area contributed by atoms with E-state index in [9.17, 15) is 9.59 Å². The first-order valence-electron chi connectivity index (χ1n) is 6.51. The SMILES string of the molecule is CC(=O)NCCN1CCC[C@H]1C(=O)OC(C)(C)C. The maximum atomic E-state index is 12.0. The van der Waals surface area contributed by atoms with Crippen LogP contribution < -0.4 is 5.32 Å². The van der Waals surface area contributed by atoms with E-state index in [0.29, 0.717) is 13.1 Å². The molecule has 0 unspecified atom stereocenters. The molecule has 0 aromatic heterocycles. The van der Waals surface area contributed by atoms with E-state index in [1.165, 1.54) is 6.92 Å². The van der Waals surface area contributed by atoms with E-state index in [2.05, 4.69) is 10.2 Å². The molecule has 0 spiro atoms. The summed E-state index contributed by atoms with van der Waals surface area (Å²) in [6, 6.07) is -0.155. The molecule has 1 saturated heterocycles. The van der Waals surface area contributed by atoms with Crippen molar-refractivity contribution in [1.82, 2.24) is 10.2 Å². The molecule has 1 N–H and O–H groups in total. The Morgan fingerprint density at radius 2 is 2.06 bits per heavy atom. The van der Waals surface area contributed by atoms with Crippen LogP contribution in [0.25, 0.3) is 0 Å². The maximum Gasteiger partial charge on any atom is 0.323 e. The summed E-state index contributed by atoms with van der Waals surface area (Å²) in [4.78, 5) is 24.9. The van der Waals surface area contributed by atoms with Gasteiger partial charge in [-0.05, 0) is 40.2 Å². The minimum Gasteiger partial charge on any atom is -0.459 e. The van der Waals surface area contributed by atoms with Gasteiger partial charge in [0.2, 0.25) is 5.91 Å². The van der Waals surface area contributed by atoms with Gasteiger partial charge in [-0.2, -0.15) is 0 Å². The van der Waals surface area contributed by atoms with Crippen LogP contribution in [0.4, 0.5) is 0 Å². The standard InChI is InChI=1S/C13H24N2O3/c1-10(16)14-7-9-15-8-5-6-11(15)12(17)18-13(2,3)4/h11H,5-9H2,1-4H3,(H,14,16)/t11-/m0/s1. The van der Waals surface area contributed by atoms with Gasteiger partial charge in [-0.1, -0.05) is 0 Å². The molecule has 1 amide bonds. The fourth-order valence-electron chi connectivity index (χ4n) is 2.11. The molecule has 5 heteroatoms. The Morgan fingerprint density at radius 3 is 2.61 bits per heavy atom. The van der Waals surface area contributed by atoms with Gasteiger partial charge in [0.15, 0.2) is 0 Å². The Balaban J connectivity index is 2.43. The second kappa shape index (κ2) is 6.18. The first-order valence-corrected chi connectivity index (χ1v) is 6.51. The molecule has 1 aliphatic heterocycles. The quantitative estimate of drug-likeness (QED) is 0.760. The van der Waals surface area contributed by atoms with Crippen molar-refractivity contribution in [2.45, 2.75) is 52.2 Å². The lowest BCUT2D eigenvalue weighted by Gasteiger charge is -2.27. The molecule has 0 radical (unpaired) electrons. The Kier molecular flexibility index (Phi) is 5.14. The highest BCUT2D eigenvalue weighted by atomic mass is 16.6. The molecule has 1 rings (SSSR count). The average Bonchev–Trinajstić information content (AvgIpc) is 2.62. The van der Waals surface area contributed by atoms with E-state index in [1.807, 2.05) is 20.8 Å². The summed E-state index contributed by atoms with van der Waals surface area (Å²) >= 11 is 0. The summed E-state index contributed by atoms with van der Waals surface area (Å²) in [5, 5.41) is 2.75. The van der Waals surface area contributed by atoms with Crippen LogP contribution >= 0.6 is 0 Å². The lowest BCUT2D eigenvalue weighted by Crippen LogP contribution is -2.43. The number of ether oxygens (including phenoxy) is 1. The first kappa shape index (κ1) is 15.0. The zero-order chi connectivity index (χ0) is 13.8. The summed E-state index contributed by atoms with van der Waals surface area (Å²) in [5.74, 6) is -0.189. The third-order valence-corrected chi connectivity index (χ3v) is 2.82. The number of hydrogen-bond donors (Lipinski definition) is 1. The Bertz CT molecular complexity index is 310. The highest BCUT2D eigenvalue weighted by molar-refractivity contribution is 5.76. The van der Waals surface area contributed by atoms with Crippen molar-refractivity contribution < 1.29 is 14.3 Å². The van der Waals surface area contributed by atoms with Crippen LogP contribution in [-0.4, -0.2) is 48.1 Å². The highest BCUT2D eigenvalue weighted by Crippen LogP contribution is 2.20. The van der Waals surface area contributed by atoms with Gasteiger partial charge in [0.25, 0.3) is 0 Å². The normalized spacial score (nSPS) is 20.8. The van der Waals surface area contributed by atoms with Gasteiger partial charge in [-0.3, -0.25) is 14.5 Å². The summed E-state index contributed by atoms with van der Waals surface area (Å²) < 4.78 is 5.41. The molecule has 0 aliphatic carbocycles. The molecule has 104 valence electrons. The van der Waals surface area contributed by atoms with Gasteiger partial charge in [-0.25, -0.2) is 0 Å². The van der Waals surface area contributed by atoms with Gasteiger partial charge in [-0.15, -0.1) is 0 Å². The van der Waals surface area contributed by atoms with Crippen molar-refractivity contribution in [3.8, 4) is 0 Å². The molecule has 0 aromatic rings. The smallest absolute Gasteiger partial charge is 0.323 e. The number of hydrogen-bond acceptors (Lipinski definition) is 4. The minimum absolute atomic E-state index is 0.0389. The second-order valence-electron chi connectivity index (χ2n) is 5.71. The Labute approximate surface area is 109 Å². The van der Waals surface area contributed by atoms with Crippen LogP contribution in [0.1, 0.15) is 40.5 Å². The molecule has 0 bridgehead atoms. The topological polar surface area (TPSA) is 58.6 Å². The van der Waals surface area contributed by atoms with Gasteiger partial charge in [0.1, 0.15) is 11.6 Å². The van der Waals surface area contributed by atoms with E-state index < -0.39 is 5.60 Å². The third kappa shape index (κ3) is 5.04. The van der Waals surface area contributed by atoms with E-state index >= 15 is 0 Å². The minimum atomic E-state index is -0.441. The summed E-state index contributed by atoms with van der Waals surface area (Å²) in [7, 11) is 0. The van der Waals surface area contributed by atoms with Gasteiger partial charge in [0, 0.05) is 20.0 Å². The fourth-order valence-corrected chi connectivity index (χ4v) is 2.11. The fraction of sp³-hybridized carbons (Fsp3) is 0.846. The lowest BCUT2D eigenvalue weighted by atomic mass is 10.1. The second-order valence-corrected chi connectivity index (χ2v) is 5.71. The van der Waals surface area contributed by atoms with Gasteiger partial charge >= 0.3 is 5.97 Å². The number of amides is 1. The number of rotatable bonds is 4. The van der Waals surface area contributed by atoms with Crippen LogP contribution in [0.2, 0.25) is 0 Å². The summed E-state index contributed by atoms with van der Waals surface area (Å²) in [5.41, 5.74) is -0.441. The average molecular weight is 256 g/mol. The zero-order valence-electron chi connectivity index (χ0n) is 11.8. The number of carbonyl (C=O) groups excluding carboxylic acids is 2. The van der Waals surface area contributed by atoms with E-state index in [1.54, 1.807) is 0 Å². The van der Waals surface area contributed by atoms with Crippen molar-refractivity contribution >= 4 is 11.9 Å². The highest BCUT2D eigenvalue weighted by Gasteiger charge is 2.33. The summed E-state index contributed by atoms with van der Waals surface area (Å²) in [6.45, 7) is 9.29. The molecular formula is C13H24N2O3. The monoisotopic (exact) mass is 256 g/mol. The number of carbonyl (C=O) groups is 2. The van der Waals surface area contributed by atoms with Crippen molar-refractivity contribution in [1.29, 1.82) is 0 Å². The van der Waals surface area contributed by atoms with Crippen molar-refractivity contribution in [3.05, 3.63) is 0 Å². The van der Waals surface area contributed by atoms with Crippen LogP contribution in [0, 0.1) is 0 Å². The molecule has 1 atom stereocenters. The molecule has 18 heavy (non-hydrogen) atoms. The van der Waals surface area contributed by atoms with Gasteiger partial charge < -0.3 is 10.1 Å². The Hall–Kier alpha value is -1.10. The first-order chi connectivity index (χ1) is 8.29. The van der Waals surface area contributed by atoms with Gasteiger partial charge in [0.05, 0.1) is 0 Å². The van der Waals surface area contributed by atoms with Crippen LogP contribution in [0.15, 0.2) is 0 Å². The molecule has 1 fully saturated rings. The molecule has 1 aliphatic rings.